The van der Waals surface area contributed by atoms with Gasteiger partial charge in [0.05, 0.1) is 5.02 Å². The molecular formula is C15H15ClN2. The highest BCUT2D eigenvalue weighted by Crippen LogP contribution is 2.34. The van der Waals surface area contributed by atoms with Gasteiger partial charge in [0.15, 0.2) is 0 Å². The van der Waals surface area contributed by atoms with Gasteiger partial charge in [-0.1, -0.05) is 41.9 Å². The molecule has 2 aromatic rings. The molecule has 0 saturated carbocycles. The first-order chi connectivity index (χ1) is 8.80. The number of halogens is 1. The average Bonchev–Trinajstić information content (AvgIpc) is 2.37. The second-order valence-corrected chi connectivity index (χ2v) is 5.30. The number of pyridine rings is 1. The van der Waals surface area contributed by atoms with Crippen LogP contribution in [-0.4, -0.2) is 18.1 Å². The van der Waals surface area contributed by atoms with Crippen LogP contribution in [0.25, 0.3) is 0 Å². The van der Waals surface area contributed by atoms with Gasteiger partial charge in [-0.25, -0.2) is 0 Å². The Morgan fingerprint density at radius 1 is 1.17 bits per heavy atom. The summed E-state index contributed by atoms with van der Waals surface area (Å²) in [5, 5.41) is 4.15. The molecule has 0 unspecified atom stereocenters. The Morgan fingerprint density at radius 3 is 2.56 bits per heavy atom. The maximum Gasteiger partial charge on any atom is 0.0621 e. The van der Waals surface area contributed by atoms with Gasteiger partial charge >= 0.3 is 0 Å². The number of nitrogens with one attached hydrogen (secondary N) is 1. The molecule has 3 heteroatoms. The standard InChI is InChI=1S/C15H15ClN2/c16-14-9-17-7-6-12(14)8-15(10-18-11-15)13-4-2-1-3-5-13/h1-7,9,18H,8,10-11H2. The Hall–Kier alpha value is -1.38. The Bertz CT molecular complexity index is 535. The maximum absolute atomic E-state index is 6.22. The Morgan fingerprint density at radius 2 is 1.94 bits per heavy atom. The van der Waals surface area contributed by atoms with E-state index >= 15 is 0 Å². The predicted octanol–water partition coefficient (Wildman–Crippen LogP) is 2.82. The van der Waals surface area contributed by atoms with Gasteiger partial charge in [0, 0.05) is 30.9 Å². The summed E-state index contributed by atoms with van der Waals surface area (Å²) < 4.78 is 0. The molecule has 1 aromatic carbocycles. The molecule has 0 amide bonds. The van der Waals surface area contributed by atoms with Crippen molar-refractivity contribution >= 4 is 11.6 Å². The molecule has 1 aliphatic rings. The molecule has 1 aromatic heterocycles. The Labute approximate surface area is 112 Å². The van der Waals surface area contributed by atoms with E-state index < -0.39 is 0 Å². The van der Waals surface area contributed by atoms with Crippen molar-refractivity contribution in [3.63, 3.8) is 0 Å². The molecule has 0 bridgehead atoms. The Balaban J connectivity index is 1.92. The largest absolute Gasteiger partial charge is 0.315 e. The van der Waals surface area contributed by atoms with E-state index in [1.807, 2.05) is 12.3 Å². The summed E-state index contributed by atoms with van der Waals surface area (Å²) in [5.74, 6) is 0. The van der Waals surface area contributed by atoms with Crippen LogP contribution in [0.5, 0.6) is 0 Å². The van der Waals surface area contributed by atoms with Gasteiger partial charge in [-0.05, 0) is 23.6 Å². The van der Waals surface area contributed by atoms with Gasteiger partial charge in [0.25, 0.3) is 0 Å². The van der Waals surface area contributed by atoms with Crippen molar-refractivity contribution in [3.8, 4) is 0 Å². The van der Waals surface area contributed by atoms with Crippen LogP contribution in [0.1, 0.15) is 11.1 Å². The van der Waals surface area contributed by atoms with Crippen molar-refractivity contribution in [2.45, 2.75) is 11.8 Å². The van der Waals surface area contributed by atoms with Crippen LogP contribution in [0.4, 0.5) is 0 Å². The van der Waals surface area contributed by atoms with E-state index in [2.05, 4.69) is 40.6 Å². The van der Waals surface area contributed by atoms with Gasteiger partial charge in [0.1, 0.15) is 0 Å². The van der Waals surface area contributed by atoms with Crippen molar-refractivity contribution in [1.82, 2.24) is 10.3 Å². The first kappa shape index (κ1) is 11.7. The van der Waals surface area contributed by atoms with Crippen LogP contribution in [0.2, 0.25) is 5.02 Å². The number of benzene rings is 1. The highest BCUT2D eigenvalue weighted by Gasteiger charge is 2.38. The van der Waals surface area contributed by atoms with Crippen molar-refractivity contribution in [2.75, 3.05) is 13.1 Å². The van der Waals surface area contributed by atoms with Gasteiger partial charge in [-0.3, -0.25) is 4.98 Å². The van der Waals surface area contributed by atoms with E-state index in [9.17, 15) is 0 Å². The monoisotopic (exact) mass is 258 g/mol. The summed E-state index contributed by atoms with van der Waals surface area (Å²) in [7, 11) is 0. The molecule has 2 heterocycles. The first-order valence-corrected chi connectivity index (χ1v) is 6.53. The summed E-state index contributed by atoms with van der Waals surface area (Å²) in [6, 6.07) is 12.7. The third kappa shape index (κ3) is 2.02. The van der Waals surface area contributed by atoms with Crippen LogP contribution in [0, 0.1) is 0 Å². The van der Waals surface area contributed by atoms with Gasteiger partial charge < -0.3 is 5.32 Å². The molecule has 1 N–H and O–H groups in total. The number of hydrogen-bond donors (Lipinski definition) is 1. The van der Waals surface area contributed by atoms with Gasteiger partial charge in [-0.15, -0.1) is 0 Å². The maximum atomic E-state index is 6.22. The molecule has 92 valence electrons. The van der Waals surface area contributed by atoms with Crippen molar-refractivity contribution in [2.24, 2.45) is 0 Å². The van der Waals surface area contributed by atoms with E-state index in [-0.39, 0.29) is 5.41 Å². The molecule has 1 fully saturated rings. The summed E-state index contributed by atoms with van der Waals surface area (Å²) in [4.78, 5) is 4.04. The fourth-order valence-corrected chi connectivity index (χ4v) is 2.75. The minimum absolute atomic E-state index is 0.187. The lowest BCUT2D eigenvalue weighted by molar-refractivity contribution is 0.274. The average molecular weight is 259 g/mol. The van der Waals surface area contributed by atoms with Gasteiger partial charge in [-0.2, -0.15) is 0 Å². The van der Waals surface area contributed by atoms with E-state index in [0.717, 1.165) is 24.5 Å². The fourth-order valence-electron chi connectivity index (χ4n) is 2.56. The SMILES string of the molecule is Clc1cnccc1CC1(c2ccccc2)CNC1. The van der Waals surface area contributed by atoms with Crippen molar-refractivity contribution in [3.05, 3.63) is 64.9 Å². The zero-order valence-corrected chi connectivity index (χ0v) is 10.8. The zero-order valence-electron chi connectivity index (χ0n) is 10.1. The number of aromatic nitrogens is 1. The molecule has 0 spiro atoms. The zero-order chi connectivity index (χ0) is 12.4. The molecule has 1 aliphatic heterocycles. The molecule has 0 radical (unpaired) electrons. The van der Waals surface area contributed by atoms with Crippen LogP contribution in [-0.2, 0) is 11.8 Å². The highest BCUT2D eigenvalue weighted by molar-refractivity contribution is 6.31. The second kappa shape index (κ2) is 4.71. The second-order valence-electron chi connectivity index (χ2n) is 4.89. The minimum Gasteiger partial charge on any atom is -0.315 e. The lowest BCUT2D eigenvalue weighted by atomic mass is 9.71. The van der Waals surface area contributed by atoms with Gasteiger partial charge in [0.2, 0.25) is 0 Å². The molecule has 1 saturated heterocycles. The van der Waals surface area contributed by atoms with Crippen LogP contribution in [0.3, 0.4) is 0 Å². The van der Waals surface area contributed by atoms with E-state index in [1.54, 1.807) is 6.20 Å². The van der Waals surface area contributed by atoms with Crippen molar-refractivity contribution < 1.29 is 0 Å². The van der Waals surface area contributed by atoms with Crippen LogP contribution < -0.4 is 5.32 Å². The van der Waals surface area contributed by atoms with Crippen LogP contribution >= 0.6 is 11.6 Å². The molecule has 18 heavy (non-hydrogen) atoms. The molecule has 2 nitrogen and oxygen atoms in total. The Kier molecular flexibility index (Phi) is 3.06. The molecule has 0 atom stereocenters. The predicted molar refractivity (Wildman–Crippen MR) is 73.9 cm³/mol. The molecule has 0 aliphatic carbocycles. The number of rotatable bonds is 3. The molecular weight excluding hydrogens is 244 g/mol. The number of nitrogens with zero attached hydrogens (tertiary/aromatic N) is 1. The van der Waals surface area contributed by atoms with E-state index in [4.69, 9.17) is 11.6 Å². The summed E-state index contributed by atoms with van der Waals surface area (Å²) >= 11 is 6.22. The third-order valence-electron chi connectivity index (χ3n) is 3.70. The quantitative estimate of drug-likeness (QED) is 0.916. The smallest absolute Gasteiger partial charge is 0.0621 e. The van der Waals surface area contributed by atoms with Crippen molar-refractivity contribution in [1.29, 1.82) is 0 Å². The third-order valence-corrected chi connectivity index (χ3v) is 4.04. The summed E-state index contributed by atoms with van der Waals surface area (Å²) in [6.07, 6.45) is 4.50. The van der Waals surface area contributed by atoms with Crippen LogP contribution in [0.15, 0.2) is 48.8 Å². The molecule has 3 rings (SSSR count). The number of hydrogen-bond acceptors (Lipinski definition) is 2. The fraction of sp³-hybridized carbons (Fsp3) is 0.267. The van der Waals surface area contributed by atoms with E-state index in [1.165, 1.54) is 11.1 Å². The summed E-state index contributed by atoms with van der Waals surface area (Å²) in [5.41, 5.74) is 2.75. The highest BCUT2D eigenvalue weighted by atomic mass is 35.5. The lowest BCUT2D eigenvalue weighted by Crippen LogP contribution is -2.58. The van der Waals surface area contributed by atoms with E-state index in [0.29, 0.717) is 0 Å². The first-order valence-electron chi connectivity index (χ1n) is 6.15. The minimum atomic E-state index is 0.187. The lowest BCUT2D eigenvalue weighted by Gasteiger charge is -2.43. The summed E-state index contributed by atoms with van der Waals surface area (Å²) in [6.45, 7) is 2.02. The normalized spacial score (nSPS) is 17.2. The topological polar surface area (TPSA) is 24.9 Å².